The summed E-state index contributed by atoms with van der Waals surface area (Å²) in [7, 11) is -10.5. The highest BCUT2D eigenvalue weighted by molar-refractivity contribution is 7.60. The molecule has 0 aliphatic carbocycles. The largest absolute Gasteiger partial charge is 0.521 e. The standard InChI is InChI=1S/C29H46O7P2.Al.H2O.2H/c1-26(2,3)21-13-19(14-22(17-21)27(4,5)6)25(35-38(33,34)36-37(30,31)32)20-15-23(28(7,8)9)18-24(16-20)29(10,11)12;;;;/h13-18,25H,1-12H3,(H,33,34)(H2,30,31,32);;1H2;;/q;+1;;;/p-1. The van der Waals surface area contributed by atoms with Crippen LogP contribution in [-0.2, 0) is 39.6 Å². The highest BCUT2D eigenvalue weighted by Gasteiger charge is 2.37. The molecular weight excluding hydrogens is 565 g/mol. The molecule has 11 heteroatoms. The molecule has 0 saturated heterocycles. The van der Waals surface area contributed by atoms with Gasteiger partial charge in [-0.2, -0.15) is 4.31 Å². The van der Waals surface area contributed by atoms with E-state index in [-0.39, 0.29) is 21.7 Å². The summed E-state index contributed by atoms with van der Waals surface area (Å²) in [5, 5.41) is 0. The molecule has 0 aliphatic heterocycles. The first-order valence-electron chi connectivity index (χ1n) is 13.2. The van der Waals surface area contributed by atoms with Gasteiger partial charge in [-0.05, 0) is 55.0 Å². The summed E-state index contributed by atoms with van der Waals surface area (Å²) in [6.45, 7) is 25.0. The van der Waals surface area contributed by atoms with E-state index in [1.807, 2.05) is 24.3 Å². The normalized spacial score (nSPS) is 14.9. The minimum atomic E-state index is -5.31. The fourth-order valence-electron chi connectivity index (χ4n) is 3.94. The monoisotopic (exact) mass is 614 g/mol. The Morgan fingerprint density at radius 2 is 0.825 bits per heavy atom. The van der Waals surface area contributed by atoms with Crippen molar-refractivity contribution in [1.29, 1.82) is 0 Å². The van der Waals surface area contributed by atoms with Crippen molar-refractivity contribution >= 4 is 32.3 Å². The predicted octanol–water partition coefficient (Wildman–Crippen LogP) is 6.72. The Morgan fingerprint density at radius 3 is 1.02 bits per heavy atom. The van der Waals surface area contributed by atoms with E-state index in [0.29, 0.717) is 27.8 Å². The molecule has 1 atom stereocenters. The lowest BCUT2D eigenvalue weighted by Gasteiger charge is -2.31. The Kier molecular flexibility index (Phi) is 11.9. The lowest BCUT2D eigenvalue weighted by Crippen LogP contribution is -2.20. The van der Waals surface area contributed by atoms with Crippen LogP contribution in [0.15, 0.2) is 36.4 Å². The number of phosphoric acid groups is 2. The molecule has 1 unspecified atom stereocenters. The Hall–Kier alpha value is -0.808. The first kappa shape index (κ1) is 37.2. The number of phosphoric ester groups is 1. The van der Waals surface area contributed by atoms with Gasteiger partial charge in [0.1, 0.15) is 6.10 Å². The molecule has 2 aromatic rings. The van der Waals surface area contributed by atoms with Crippen LogP contribution in [0.25, 0.3) is 0 Å². The second-order valence-electron chi connectivity index (χ2n) is 14.2. The van der Waals surface area contributed by atoms with Gasteiger partial charge in [-0.1, -0.05) is 119 Å². The van der Waals surface area contributed by atoms with E-state index in [0.717, 1.165) is 22.3 Å². The van der Waals surface area contributed by atoms with Gasteiger partial charge in [-0.15, -0.1) is 0 Å². The lowest BCUT2D eigenvalue weighted by molar-refractivity contribution is 0.147. The summed E-state index contributed by atoms with van der Waals surface area (Å²) >= 11 is 0.306. The van der Waals surface area contributed by atoms with Crippen molar-refractivity contribution in [2.75, 3.05) is 0 Å². The van der Waals surface area contributed by atoms with Crippen LogP contribution >= 0.6 is 15.6 Å². The summed E-state index contributed by atoms with van der Waals surface area (Å²) < 4.78 is 41.5. The fourth-order valence-corrected chi connectivity index (χ4v) is 5.68. The zero-order valence-corrected chi connectivity index (χ0v) is 30.1. The van der Waals surface area contributed by atoms with Gasteiger partial charge in [0.2, 0.25) is 0 Å². The van der Waals surface area contributed by atoms with Crippen LogP contribution in [0.4, 0.5) is 0 Å². The molecule has 40 heavy (non-hydrogen) atoms. The van der Waals surface area contributed by atoms with Crippen LogP contribution < -0.4 is 0 Å². The quantitative estimate of drug-likeness (QED) is 0.208. The van der Waals surface area contributed by atoms with Crippen LogP contribution in [0.5, 0.6) is 0 Å². The van der Waals surface area contributed by atoms with E-state index >= 15 is 0 Å². The number of hydrogen-bond donors (Lipinski definition) is 4. The van der Waals surface area contributed by atoms with Crippen LogP contribution in [0, 0.1) is 0 Å². The molecule has 226 valence electrons. The third-order valence-electron chi connectivity index (χ3n) is 6.43. The van der Waals surface area contributed by atoms with Gasteiger partial charge in [0.25, 0.3) is 0 Å². The summed E-state index contributed by atoms with van der Waals surface area (Å²) in [5.41, 5.74) is 4.23. The number of rotatable bonds is 6. The average Bonchev–Trinajstić information content (AvgIpc) is 2.74. The smallest absolute Gasteiger partial charge is 0.482 e. The first-order valence-corrected chi connectivity index (χ1v) is 17.2. The van der Waals surface area contributed by atoms with Gasteiger partial charge in [0.15, 0.2) is 0 Å². The Morgan fingerprint density at radius 1 is 0.575 bits per heavy atom. The molecular formula is C29H49AlO8P2. The third kappa shape index (κ3) is 11.1. The van der Waals surface area contributed by atoms with Gasteiger partial charge in [-0.25, -0.2) is 9.13 Å². The molecule has 0 saturated carbocycles. The molecule has 0 bridgehead atoms. The van der Waals surface area contributed by atoms with Crippen molar-refractivity contribution in [2.45, 2.75) is 111 Å². The topological polar surface area (TPSA) is 134 Å². The molecule has 8 nitrogen and oxygen atoms in total. The summed E-state index contributed by atoms with van der Waals surface area (Å²) in [4.78, 5) is 29.1. The van der Waals surface area contributed by atoms with Crippen molar-refractivity contribution in [3.63, 3.8) is 0 Å². The van der Waals surface area contributed by atoms with Gasteiger partial charge < -0.3 is 18.8 Å². The van der Waals surface area contributed by atoms with Crippen molar-refractivity contribution in [3.8, 4) is 0 Å². The van der Waals surface area contributed by atoms with Crippen LogP contribution in [-0.4, -0.2) is 35.5 Å². The molecule has 4 N–H and O–H groups in total. The highest BCUT2D eigenvalue weighted by Crippen LogP contribution is 2.60. The maximum atomic E-state index is 12.9. The predicted molar refractivity (Wildman–Crippen MR) is 164 cm³/mol. The van der Waals surface area contributed by atoms with Crippen LogP contribution in [0.1, 0.15) is 123 Å². The molecule has 0 amide bonds. The fraction of sp³-hybridized carbons (Fsp3) is 0.586. The summed E-state index contributed by atoms with van der Waals surface area (Å²) in [5.74, 6) is 0. The molecule has 0 spiro atoms. The molecule has 0 heterocycles. The van der Waals surface area contributed by atoms with Gasteiger partial charge in [0.05, 0.1) is 0 Å². The zero-order chi connectivity index (χ0) is 31.7. The maximum Gasteiger partial charge on any atom is 0.482 e. The molecule has 2 rings (SSSR count). The molecule has 2 aromatic carbocycles. The minimum Gasteiger partial charge on any atom is -0.521 e. The Balaban J connectivity index is 0.00000391. The number of hydrogen-bond acceptors (Lipinski definition) is 5. The Labute approximate surface area is 249 Å². The zero-order valence-electron chi connectivity index (χ0n) is 26.4. The third-order valence-corrected chi connectivity index (χ3v) is 8.58. The molecule has 0 fully saturated rings. The summed E-state index contributed by atoms with van der Waals surface area (Å²) in [6, 6.07) is 12.0. The summed E-state index contributed by atoms with van der Waals surface area (Å²) in [6.07, 6.45) is -1.14. The van der Waals surface area contributed by atoms with Crippen molar-refractivity contribution < 1.29 is 36.8 Å². The van der Waals surface area contributed by atoms with Crippen molar-refractivity contribution in [3.05, 3.63) is 69.8 Å². The van der Waals surface area contributed by atoms with Gasteiger partial charge in [-0.3, -0.25) is 4.52 Å². The van der Waals surface area contributed by atoms with E-state index in [1.54, 1.807) is 0 Å². The highest BCUT2D eigenvalue weighted by atomic mass is 31.3. The molecule has 0 aromatic heterocycles. The SMILES string of the molecule is CC(C)(C)c1cc(C(OP(=O)(O)OP(=O)(O)O)c2cc(C(C)(C)C)cc(C(C)(C)C)c2)cc(C(C)(C)C)c1.[OH][AlH2]. The second kappa shape index (κ2) is 12.8. The first-order chi connectivity index (χ1) is 17.7. The van der Waals surface area contributed by atoms with E-state index in [9.17, 15) is 23.8 Å². The van der Waals surface area contributed by atoms with E-state index in [2.05, 4.69) is 99.5 Å². The van der Waals surface area contributed by atoms with Crippen molar-refractivity contribution in [1.82, 2.24) is 0 Å². The van der Waals surface area contributed by atoms with Crippen LogP contribution in [0.2, 0.25) is 0 Å². The molecule has 0 radical (unpaired) electrons. The number of benzene rings is 2. The molecule has 0 aliphatic rings. The maximum absolute atomic E-state index is 12.9. The van der Waals surface area contributed by atoms with E-state index < -0.39 is 21.7 Å². The van der Waals surface area contributed by atoms with E-state index in [4.69, 9.17) is 8.68 Å². The van der Waals surface area contributed by atoms with Gasteiger partial charge >= 0.3 is 32.3 Å². The average molecular weight is 615 g/mol. The Bertz CT molecular complexity index is 1120. The van der Waals surface area contributed by atoms with Crippen molar-refractivity contribution in [2.24, 2.45) is 0 Å². The minimum absolute atomic E-state index is 0.240. The lowest BCUT2D eigenvalue weighted by atomic mass is 9.77. The second-order valence-corrected chi connectivity index (χ2v) is 17.0. The van der Waals surface area contributed by atoms with Gasteiger partial charge in [0, 0.05) is 0 Å². The van der Waals surface area contributed by atoms with E-state index in [1.165, 1.54) is 0 Å². The van der Waals surface area contributed by atoms with Crippen LogP contribution in [0.3, 0.4) is 0 Å².